The minimum Gasteiger partial charge on any atom is -0.393 e. The number of nitrogens with two attached hydrogens (primary N) is 1. The number of ether oxygens (including phenoxy) is 2. The van der Waals surface area contributed by atoms with Crippen molar-refractivity contribution in [1.82, 2.24) is 25.8 Å². The van der Waals surface area contributed by atoms with Crippen LogP contribution in [-0.4, -0.2) is 155 Å². The predicted molar refractivity (Wildman–Crippen MR) is 419 cm³/mol. The summed E-state index contributed by atoms with van der Waals surface area (Å²) in [6.45, 7) is 22.9. The van der Waals surface area contributed by atoms with Crippen molar-refractivity contribution in [2.45, 2.75) is 237 Å². The standard InChI is InChI=1S/C47H58F3N3O5.C45H59N3O4/c1-27-22-40-41(29(3)46(58-40)19-17-35-36-15-14-33-24-34(54)16-18-45(33,4)38(36)25-37(35)28(46)2)53(26-27)21-20-51-43(56)39(52-44(57)47(48,49)50)23-30-10-12-32(13-11-30)42(55)31-8-6-5-7-9-31;1-27-22-40-41(48(26-27)21-20-47-43(51)39(46)23-30-10-12-32(13-11-30)42(50)31-8-6-5-7-9-31)29(3)45(52-40)19-17-35-36-15-14-33-24-34(49)16-18-44(33,4)38(36)25-37(35)28(45)2/h5-14,27,29,34-36,38-41,54H,15-26H2,1-4H3,(H,51,56)(H,52,57);5-14,27,29,34-36,38-41,49H,15-26,46H2,1-4H3,(H,47,51)/t27-,29+,34-,35-,36-,38-,39-,40+,41-,45-,46?;27-,29+,34-,35-,36-,38-,39-,40+,41-,44-,45?/m00/s1. The number of benzene rings is 4. The number of piperidine rings is 2. The molecule has 7 N–H and O–H groups in total. The highest BCUT2D eigenvalue weighted by Crippen LogP contribution is 2.68. The highest BCUT2D eigenvalue weighted by Gasteiger charge is 2.64. The van der Waals surface area contributed by atoms with Crippen LogP contribution in [0.2, 0.25) is 0 Å². The quantitative estimate of drug-likeness (QED) is 0.0430. The smallest absolute Gasteiger partial charge is 0.393 e. The van der Waals surface area contributed by atoms with E-state index in [1.807, 2.05) is 66.0 Å². The van der Waals surface area contributed by atoms with Gasteiger partial charge in [-0.2, -0.15) is 13.2 Å². The number of nitrogens with zero attached hydrogens (tertiary/aromatic N) is 2. The van der Waals surface area contributed by atoms with Crippen LogP contribution in [0.4, 0.5) is 13.2 Å². The molecular weight excluding hydrogens is 1390 g/mol. The molecule has 4 saturated heterocycles. The van der Waals surface area contributed by atoms with Gasteiger partial charge in [0, 0.05) is 91.9 Å². The van der Waals surface area contributed by atoms with Gasteiger partial charge in [-0.3, -0.25) is 33.8 Å². The first kappa shape index (κ1) is 78.4. The number of amides is 3. The normalized spacial score (nSPS) is 36.2. The Balaban J connectivity index is 0.000000176. The third-order valence-electron chi connectivity index (χ3n) is 30.2. The number of alkyl halides is 3. The second-order valence-electron chi connectivity index (χ2n) is 36.3. The average Bonchev–Trinajstić information content (AvgIpc) is 1.55. The highest BCUT2D eigenvalue weighted by molar-refractivity contribution is 6.09. The molecule has 8 aliphatic carbocycles. The van der Waals surface area contributed by atoms with Crippen molar-refractivity contribution in [2.24, 2.45) is 75.7 Å². The van der Waals surface area contributed by atoms with E-state index in [1.165, 1.54) is 41.6 Å². The van der Waals surface area contributed by atoms with Crippen LogP contribution in [0.1, 0.15) is 201 Å². The van der Waals surface area contributed by atoms with Crippen LogP contribution >= 0.6 is 0 Å². The fourth-order valence-corrected chi connectivity index (χ4v) is 24.5. The lowest BCUT2D eigenvalue weighted by atomic mass is 9.56. The molecule has 4 aromatic rings. The number of aliphatic hydroxyl groups excluding tert-OH is 2. The molecule has 18 heteroatoms. The van der Waals surface area contributed by atoms with Gasteiger partial charge in [0.05, 0.1) is 41.7 Å². The van der Waals surface area contributed by atoms with Gasteiger partial charge in [0.2, 0.25) is 11.8 Å². The molecule has 110 heavy (non-hydrogen) atoms. The van der Waals surface area contributed by atoms with E-state index in [9.17, 15) is 47.4 Å². The van der Waals surface area contributed by atoms with Crippen LogP contribution in [0.5, 0.6) is 0 Å². The Kier molecular flexibility index (Phi) is 22.2. The molecule has 15 nitrogen and oxygen atoms in total. The van der Waals surface area contributed by atoms with Crippen LogP contribution in [0.3, 0.4) is 0 Å². The second kappa shape index (κ2) is 31.1. The van der Waals surface area contributed by atoms with E-state index in [4.69, 9.17) is 15.2 Å². The number of carbonyl (C=O) groups is 5. The Morgan fingerprint density at radius 1 is 0.555 bits per heavy atom. The largest absolute Gasteiger partial charge is 0.471 e. The third-order valence-corrected chi connectivity index (χ3v) is 30.2. The summed E-state index contributed by atoms with van der Waals surface area (Å²) in [6.07, 6.45) is 16.6. The lowest BCUT2D eigenvalue weighted by Gasteiger charge is -2.49. The maximum absolute atomic E-state index is 13.6. The molecule has 4 heterocycles. The fraction of sp³-hybridized carbons (Fsp3) is 0.598. The van der Waals surface area contributed by atoms with Crippen molar-refractivity contribution < 1.29 is 56.8 Å². The monoisotopic (exact) mass is 1510 g/mol. The number of likely N-dealkylation sites (tertiary alicyclic amines) is 2. The van der Waals surface area contributed by atoms with Gasteiger partial charge < -0.3 is 41.4 Å². The predicted octanol–water partition coefficient (Wildman–Crippen LogP) is 14.0. The minimum absolute atomic E-state index is 0.0148. The van der Waals surface area contributed by atoms with E-state index < -0.39 is 30.1 Å². The zero-order valence-electron chi connectivity index (χ0n) is 65.8. The van der Waals surface area contributed by atoms with E-state index >= 15 is 0 Å². The summed E-state index contributed by atoms with van der Waals surface area (Å²) in [5.74, 6) is 2.12. The number of ketones is 2. The molecule has 0 aromatic heterocycles. The van der Waals surface area contributed by atoms with Gasteiger partial charge in [-0.1, -0.05) is 185 Å². The summed E-state index contributed by atoms with van der Waals surface area (Å²) in [7, 11) is 0. The molecule has 4 saturated carbocycles. The van der Waals surface area contributed by atoms with Crippen LogP contribution in [0.25, 0.3) is 0 Å². The molecule has 22 atom stereocenters. The summed E-state index contributed by atoms with van der Waals surface area (Å²) < 4.78 is 54.9. The SMILES string of the molecule is CC1=C2C[C@H]3[C@@H](CC=C4C[C@@H](O)CC[C@@]43C)[C@@H]2CCC12O[C@@H]1C[C@H](C)CN(CCNC(=O)[C@@H](N)Cc3ccc(C(=O)c4ccccc4)cc3)[C@H]1[C@H]2C.CC1=C2C[C@H]3[C@@H](CC=C4C[C@@H](O)CC[C@@]43C)[C@@H]2CCC12O[C@@H]1C[C@H](C)CN(CCNC(=O)[C@H](Cc3ccc(C(=O)c4ccccc4)cc3)NC(=O)C(F)(F)F)[C@H]1[C@H]2C. The lowest BCUT2D eigenvalue weighted by molar-refractivity contribution is -0.174. The van der Waals surface area contributed by atoms with Crippen molar-refractivity contribution >= 4 is 29.3 Å². The van der Waals surface area contributed by atoms with Crippen molar-refractivity contribution in [2.75, 3.05) is 39.3 Å². The Morgan fingerprint density at radius 3 is 1.39 bits per heavy atom. The Morgan fingerprint density at radius 2 is 0.964 bits per heavy atom. The summed E-state index contributed by atoms with van der Waals surface area (Å²) >= 11 is 0. The van der Waals surface area contributed by atoms with Crippen molar-refractivity contribution in [3.63, 3.8) is 0 Å². The number of fused-ring (bicyclic) bond motifs is 12. The lowest BCUT2D eigenvalue weighted by Crippen LogP contribution is -2.55. The number of rotatable bonds is 17. The van der Waals surface area contributed by atoms with Gasteiger partial charge in [0.15, 0.2) is 11.6 Å². The molecule has 590 valence electrons. The van der Waals surface area contributed by atoms with Crippen LogP contribution in [-0.2, 0) is 36.7 Å². The summed E-state index contributed by atoms with van der Waals surface area (Å²) in [5.41, 5.74) is 19.1. The number of hydrogen-bond acceptors (Lipinski definition) is 12. The number of carbonyl (C=O) groups excluding carboxylic acids is 5. The molecule has 16 rings (SSSR count). The van der Waals surface area contributed by atoms with E-state index in [1.54, 1.807) is 59.7 Å². The van der Waals surface area contributed by atoms with Gasteiger partial charge in [-0.25, -0.2) is 0 Å². The zero-order valence-corrected chi connectivity index (χ0v) is 65.8. The van der Waals surface area contributed by atoms with Crippen LogP contribution in [0, 0.1) is 70.0 Å². The molecule has 0 radical (unpaired) electrons. The molecule has 4 aromatic carbocycles. The highest BCUT2D eigenvalue weighted by atomic mass is 19.4. The van der Waals surface area contributed by atoms with E-state index in [-0.39, 0.29) is 88.8 Å². The molecule has 12 aliphatic rings. The van der Waals surface area contributed by atoms with Gasteiger partial charge in [0.25, 0.3) is 0 Å². The van der Waals surface area contributed by atoms with Crippen LogP contribution in [0.15, 0.2) is 155 Å². The zero-order chi connectivity index (χ0) is 77.5. The third kappa shape index (κ3) is 14.6. The molecule has 4 aliphatic heterocycles. The van der Waals surface area contributed by atoms with Gasteiger partial charge >= 0.3 is 12.1 Å². The van der Waals surface area contributed by atoms with Crippen LogP contribution < -0.4 is 21.7 Å². The molecular formula is C92H117F3N6O9. The molecule has 3 amide bonds. The topological polar surface area (TPSA) is 213 Å². The fourth-order valence-electron chi connectivity index (χ4n) is 24.5. The first-order valence-corrected chi connectivity index (χ1v) is 41.6. The molecule has 2 unspecified atom stereocenters. The number of nitrogens with one attached hydrogen (secondary N) is 3. The Bertz CT molecular complexity index is 4240. The Hall–Kier alpha value is -6.90. The van der Waals surface area contributed by atoms with E-state index in [2.05, 4.69) is 88.0 Å². The summed E-state index contributed by atoms with van der Waals surface area (Å²) in [4.78, 5) is 69.6. The second-order valence-corrected chi connectivity index (χ2v) is 36.3. The number of aliphatic hydroxyl groups is 2. The number of hydrogen-bond donors (Lipinski definition) is 6. The maximum atomic E-state index is 13.6. The minimum atomic E-state index is -5.15. The average molecular weight is 1510 g/mol. The van der Waals surface area contributed by atoms with Crippen molar-refractivity contribution in [3.8, 4) is 0 Å². The van der Waals surface area contributed by atoms with Crippen molar-refractivity contribution in [1.29, 1.82) is 0 Å². The van der Waals surface area contributed by atoms with Gasteiger partial charge in [0.1, 0.15) is 6.04 Å². The maximum Gasteiger partial charge on any atom is 0.471 e. The molecule has 8 fully saturated rings. The number of allylic oxidation sites excluding steroid dienone is 4. The molecule has 2 spiro atoms. The Labute approximate surface area is 648 Å². The van der Waals surface area contributed by atoms with Crippen molar-refractivity contribution in [3.05, 3.63) is 188 Å². The number of halogens is 3. The summed E-state index contributed by atoms with van der Waals surface area (Å²) in [6, 6.07) is 30.1. The first-order valence-electron chi connectivity index (χ1n) is 41.6. The molecule has 0 bridgehead atoms. The van der Waals surface area contributed by atoms with E-state index in [0.717, 1.165) is 115 Å². The van der Waals surface area contributed by atoms with Gasteiger partial charge in [-0.05, 0) is 203 Å². The first-order chi connectivity index (χ1) is 52.6. The van der Waals surface area contributed by atoms with Gasteiger partial charge in [-0.15, -0.1) is 0 Å². The summed E-state index contributed by atoms with van der Waals surface area (Å²) in [5, 5.41) is 28.9. The van der Waals surface area contributed by atoms with E-state index in [0.29, 0.717) is 101 Å².